The van der Waals surface area contributed by atoms with Crippen molar-refractivity contribution in [1.82, 2.24) is 14.8 Å². The molecule has 0 radical (unpaired) electrons. The SMILES string of the molecule is COc1ccc(-c2onc(C)c2C)cc1S(=O)(=O)NCC[C@H](C)N1CCOCC1. The van der Waals surface area contributed by atoms with E-state index in [0.717, 1.165) is 37.6 Å². The Balaban J connectivity index is 1.74. The summed E-state index contributed by atoms with van der Waals surface area (Å²) in [6, 6.07) is 5.25. The van der Waals surface area contributed by atoms with Crippen LogP contribution in [0.15, 0.2) is 27.6 Å². The lowest BCUT2D eigenvalue weighted by Crippen LogP contribution is -2.43. The Labute approximate surface area is 172 Å². The quantitative estimate of drug-likeness (QED) is 0.696. The number of methoxy groups -OCH3 is 1. The van der Waals surface area contributed by atoms with Crippen LogP contribution < -0.4 is 9.46 Å². The van der Waals surface area contributed by atoms with E-state index in [1.165, 1.54) is 7.11 Å². The summed E-state index contributed by atoms with van der Waals surface area (Å²) in [7, 11) is -2.29. The smallest absolute Gasteiger partial charge is 0.244 e. The van der Waals surface area contributed by atoms with Crippen LogP contribution in [-0.4, -0.2) is 64.5 Å². The number of rotatable bonds is 8. The van der Waals surface area contributed by atoms with Crippen LogP contribution in [0, 0.1) is 13.8 Å². The molecule has 1 saturated heterocycles. The van der Waals surface area contributed by atoms with Crippen molar-refractivity contribution in [2.24, 2.45) is 0 Å². The molecule has 0 bridgehead atoms. The summed E-state index contributed by atoms with van der Waals surface area (Å²) < 4.78 is 44.7. The molecule has 1 aliphatic rings. The maximum Gasteiger partial charge on any atom is 0.244 e. The Morgan fingerprint density at radius 1 is 1.28 bits per heavy atom. The highest BCUT2D eigenvalue weighted by Crippen LogP contribution is 2.32. The van der Waals surface area contributed by atoms with Gasteiger partial charge in [-0.1, -0.05) is 5.16 Å². The van der Waals surface area contributed by atoms with Gasteiger partial charge in [0.05, 0.1) is 26.0 Å². The van der Waals surface area contributed by atoms with E-state index < -0.39 is 10.0 Å². The topological polar surface area (TPSA) is 93.9 Å². The number of aromatic nitrogens is 1. The van der Waals surface area contributed by atoms with Gasteiger partial charge in [0.15, 0.2) is 5.76 Å². The van der Waals surface area contributed by atoms with Crippen molar-refractivity contribution in [2.75, 3.05) is 40.0 Å². The summed E-state index contributed by atoms with van der Waals surface area (Å²) in [5, 5.41) is 3.96. The van der Waals surface area contributed by atoms with Crippen LogP contribution in [0.3, 0.4) is 0 Å². The number of morpholine rings is 1. The third-order valence-corrected chi connectivity index (χ3v) is 6.88. The van der Waals surface area contributed by atoms with E-state index >= 15 is 0 Å². The molecule has 0 aliphatic carbocycles. The lowest BCUT2D eigenvalue weighted by molar-refractivity contribution is 0.0190. The fourth-order valence-corrected chi connectivity index (χ4v) is 4.63. The Hall–Kier alpha value is -1.94. The van der Waals surface area contributed by atoms with Gasteiger partial charge in [0.2, 0.25) is 10.0 Å². The molecule has 9 heteroatoms. The summed E-state index contributed by atoms with van der Waals surface area (Å²) >= 11 is 0. The van der Waals surface area contributed by atoms with Crippen molar-refractivity contribution < 1.29 is 22.4 Å². The number of nitrogens with zero attached hydrogens (tertiary/aromatic N) is 2. The zero-order chi connectivity index (χ0) is 21.0. The van der Waals surface area contributed by atoms with E-state index in [2.05, 4.69) is 21.7 Å². The maximum atomic E-state index is 13.0. The van der Waals surface area contributed by atoms with Gasteiger partial charge in [0.1, 0.15) is 10.6 Å². The van der Waals surface area contributed by atoms with Gasteiger partial charge in [-0.2, -0.15) is 0 Å². The Bertz CT molecular complexity index is 936. The molecule has 1 atom stereocenters. The number of ether oxygens (including phenoxy) is 2. The molecule has 0 unspecified atom stereocenters. The average Bonchev–Trinajstić information content (AvgIpc) is 3.06. The molecule has 160 valence electrons. The molecule has 2 aromatic rings. The minimum atomic E-state index is -3.75. The van der Waals surface area contributed by atoms with E-state index in [-0.39, 0.29) is 16.7 Å². The van der Waals surface area contributed by atoms with Gasteiger partial charge in [-0.15, -0.1) is 0 Å². The fraction of sp³-hybridized carbons (Fsp3) is 0.550. The Kier molecular flexibility index (Phi) is 6.94. The summed E-state index contributed by atoms with van der Waals surface area (Å²) in [5.74, 6) is 0.846. The standard InChI is InChI=1S/C20H29N3O5S/c1-14(23-9-11-27-12-10-23)7-8-21-29(24,25)19-13-17(5-6-18(19)26-4)20-15(2)16(3)22-28-20/h5-6,13-14,21H,7-12H2,1-4H3/t14-/m0/s1. The van der Waals surface area contributed by atoms with E-state index in [1.54, 1.807) is 18.2 Å². The zero-order valence-electron chi connectivity index (χ0n) is 17.4. The summed E-state index contributed by atoms with van der Waals surface area (Å²) in [5.41, 5.74) is 2.30. The van der Waals surface area contributed by atoms with Crippen LogP contribution in [0.2, 0.25) is 0 Å². The molecular weight excluding hydrogens is 394 g/mol. The van der Waals surface area contributed by atoms with Gasteiger partial charge in [-0.25, -0.2) is 13.1 Å². The average molecular weight is 424 g/mol. The first kappa shape index (κ1) is 21.8. The third-order valence-electron chi connectivity index (χ3n) is 5.40. The number of nitrogens with one attached hydrogen (secondary N) is 1. The van der Waals surface area contributed by atoms with Crippen LogP contribution >= 0.6 is 0 Å². The summed E-state index contributed by atoms with van der Waals surface area (Å²) in [6.45, 7) is 9.39. The van der Waals surface area contributed by atoms with E-state index in [1.807, 2.05) is 13.8 Å². The maximum absolute atomic E-state index is 13.0. The normalized spacial score (nSPS) is 16.7. The monoisotopic (exact) mass is 423 g/mol. The van der Waals surface area contributed by atoms with Crippen LogP contribution in [0.1, 0.15) is 24.6 Å². The molecule has 2 heterocycles. The van der Waals surface area contributed by atoms with E-state index in [4.69, 9.17) is 14.0 Å². The highest BCUT2D eigenvalue weighted by molar-refractivity contribution is 7.89. The van der Waals surface area contributed by atoms with Gasteiger partial charge >= 0.3 is 0 Å². The van der Waals surface area contributed by atoms with E-state index in [0.29, 0.717) is 24.3 Å². The molecule has 1 aliphatic heterocycles. The first-order valence-corrected chi connectivity index (χ1v) is 11.2. The van der Waals surface area contributed by atoms with Crippen molar-refractivity contribution in [2.45, 2.75) is 38.1 Å². The van der Waals surface area contributed by atoms with Gasteiger partial charge in [-0.3, -0.25) is 4.90 Å². The highest BCUT2D eigenvalue weighted by Gasteiger charge is 2.23. The lowest BCUT2D eigenvalue weighted by Gasteiger charge is -2.32. The molecular formula is C20H29N3O5S. The second-order valence-electron chi connectivity index (χ2n) is 7.27. The second-order valence-corrected chi connectivity index (χ2v) is 9.01. The van der Waals surface area contributed by atoms with Crippen molar-refractivity contribution in [1.29, 1.82) is 0 Å². The fourth-order valence-electron chi connectivity index (χ4n) is 3.39. The highest BCUT2D eigenvalue weighted by atomic mass is 32.2. The van der Waals surface area contributed by atoms with Gasteiger partial charge in [0.25, 0.3) is 0 Å². The molecule has 3 rings (SSSR count). The molecule has 1 N–H and O–H groups in total. The van der Waals surface area contributed by atoms with Crippen LogP contribution in [0.5, 0.6) is 5.75 Å². The lowest BCUT2D eigenvalue weighted by atomic mass is 10.1. The van der Waals surface area contributed by atoms with Crippen molar-refractivity contribution in [3.05, 3.63) is 29.5 Å². The van der Waals surface area contributed by atoms with Crippen LogP contribution in [0.25, 0.3) is 11.3 Å². The molecule has 1 aromatic heterocycles. The van der Waals surface area contributed by atoms with Crippen molar-refractivity contribution in [3.63, 3.8) is 0 Å². The van der Waals surface area contributed by atoms with E-state index in [9.17, 15) is 8.42 Å². The number of benzene rings is 1. The molecule has 0 amide bonds. The third kappa shape index (κ3) is 4.98. The first-order valence-electron chi connectivity index (χ1n) is 9.76. The second kappa shape index (κ2) is 9.25. The molecule has 8 nitrogen and oxygen atoms in total. The van der Waals surface area contributed by atoms with Gasteiger partial charge in [0, 0.05) is 36.8 Å². The molecule has 1 fully saturated rings. The number of hydrogen-bond donors (Lipinski definition) is 1. The number of aryl methyl sites for hydroxylation is 1. The Morgan fingerprint density at radius 3 is 2.62 bits per heavy atom. The Morgan fingerprint density at radius 2 is 2.00 bits per heavy atom. The number of sulfonamides is 1. The first-order chi connectivity index (χ1) is 13.8. The molecule has 29 heavy (non-hydrogen) atoms. The van der Waals surface area contributed by atoms with Crippen molar-refractivity contribution in [3.8, 4) is 17.1 Å². The van der Waals surface area contributed by atoms with Crippen molar-refractivity contribution >= 4 is 10.0 Å². The van der Waals surface area contributed by atoms with Crippen LogP contribution in [-0.2, 0) is 14.8 Å². The van der Waals surface area contributed by atoms with Gasteiger partial charge < -0.3 is 14.0 Å². The number of hydrogen-bond acceptors (Lipinski definition) is 7. The van der Waals surface area contributed by atoms with Gasteiger partial charge in [-0.05, 0) is 45.4 Å². The zero-order valence-corrected chi connectivity index (χ0v) is 18.2. The summed E-state index contributed by atoms with van der Waals surface area (Å²) in [6.07, 6.45) is 0.710. The predicted octanol–water partition coefficient (Wildman–Crippen LogP) is 2.36. The molecule has 0 spiro atoms. The summed E-state index contributed by atoms with van der Waals surface area (Å²) in [4.78, 5) is 2.40. The largest absolute Gasteiger partial charge is 0.495 e. The van der Waals surface area contributed by atoms with Crippen LogP contribution in [0.4, 0.5) is 0 Å². The minimum Gasteiger partial charge on any atom is -0.495 e. The minimum absolute atomic E-state index is 0.0879. The molecule has 1 aromatic carbocycles. The predicted molar refractivity (Wildman–Crippen MR) is 110 cm³/mol. The molecule has 0 saturated carbocycles.